The summed E-state index contributed by atoms with van der Waals surface area (Å²) in [5.74, 6) is 2.45. The van der Waals surface area contributed by atoms with Crippen molar-refractivity contribution in [1.29, 1.82) is 0 Å². The molecule has 1 radical (unpaired) electrons. The second-order valence-electron chi connectivity index (χ2n) is 13.3. The summed E-state index contributed by atoms with van der Waals surface area (Å²) in [6.45, 7) is 0. The van der Waals surface area contributed by atoms with Gasteiger partial charge in [0.05, 0.1) is 41.8 Å². The Hall–Kier alpha value is -6.63. The van der Waals surface area contributed by atoms with E-state index in [2.05, 4.69) is 39.2 Å². The third-order valence-corrected chi connectivity index (χ3v) is 10.6. The molecule has 0 aliphatic rings. The maximum absolute atomic E-state index is 8.97. The molecule has 60 heavy (non-hydrogen) atoms. The summed E-state index contributed by atoms with van der Waals surface area (Å²) < 4.78 is 16.6. The van der Waals surface area contributed by atoms with Crippen LogP contribution in [0.3, 0.4) is 0 Å². The molecule has 2 heterocycles. The molecule has 10 nitrogen and oxygen atoms in total. The van der Waals surface area contributed by atoms with Gasteiger partial charge in [0.15, 0.2) is 28.3 Å². The number of ether oxygens (including phenoxy) is 2. The number of benzene rings is 8. The van der Waals surface area contributed by atoms with Crippen molar-refractivity contribution in [2.75, 3.05) is 25.7 Å². The van der Waals surface area contributed by atoms with Crippen molar-refractivity contribution < 1.29 is 19.2 Å². The van der Waals surface area contributed by atoms with Crippen molar-refractivity contribution in [2.45, 2.75) is 0 Å². The van der Waals surface area contributed by atoms with Crippen LogP contribution in [0.5, 0.6) is 17.2 Å². The van der Waals surface area contributed by atoms with Gasteiger partial charge in [0.1, 0.15) is 11.4 Å². The zero-order chi connectivity index (χ0) is 41.9. The molecule has 0 unspecified atom stereocenters. The first-order valence-corrected chi connectivity index (χ1v) is 19.5. The molecule has 8 aromatic carbocycles. The summed E-state index contributed by atoms with van der Waals surface area (Å²) in [4.78, 5) is 17.4. The van der Waals surface area contributed by atoms with Gasteiger partial charge < -0.3 is 30.6 Å². The number of nitrogen functional groups attached to an aromatic ring is 2. The molecule has 0 saturated carbocycles. The summed E-state index contributed by atoms with van der Waals surface area (Å²) in [5.41, 5.74) is 16.0. The highest BCUT2D eigenvalue weighted by Crippen LogP contribution is 2.45. The van der Waals surface area contributed by atoms with E-state index in [4.69, 9.17) is 70.4 Å². The number of nitrogens with zero attached hydrogens (tertiary/aromatic N) is 4. The number of rotatable bonds is 5. The van der Waals surface area contributed by atoms with Crippen molar-refractivity contribution in [3.8, 4) is 28.5 Å². The summed E-state index contributed by atoms with van der Waals surface area (Å²) in [7, 11) is 3.95. The quantitative estimate of drug-likeness (QED) is 0.113. The minimum atomic E-state index is 0.217. The Balaban J connectivity index is 0.000000135. The third-order valence-electron chi connectivity index (χ3n) is 9.80. The highest BCUT2D eigenvalue weighted by Gasteiger charge is 2.21. The molecule has 0 amide bonds. The monoisotopic (exact) mass is 849 g/mol. The molecule has 5 N–H and O–H groups in total. The Labute approximate surface area is 359 Å². The van der Waals surface area contributed by atoms with E-state index in [-0.39, 0.29) is 11.0 Å². The predicted molar refractivity (Wildman–Crippen MR) is 247 cm³/mol. The standard InChI is InChI=1S/C23H16ClN3O.C15H12BO3.C8H5Cl2N3/c1-28-22-17-9-5-3-7-15(17)14-6-2-4-8-16(14)20(22)21-23(25)27-19-12-13(24)10-11-18(19)26-21;1-18-14-12-8-4-2-6-10(12)11-7-3-5-9-13(11)15(14)19-16-17;9-4-1-2-5-6(3-4)13-8(11)7(10)12-5/h2-12H,1H3,(H2,25,27);2-9,17H,1H3;1-3H,(H2,11,13). The van der Waals surface area contributed by atoms with Crippen LogP contribution in [0.2, 0.25) is 15.2 Å². The molecular weight excluding hydrogens is 818 g/mol. The van der Waals surface area contributed by atoms with E-state index in [0.29, 0.717) is 57.3 Å². The number of hydrogen-bond donors (Lipinski definition) is 3. The highest BCUT2D eigenvalue weighted by molar-refractivity contribution is 6.32. The van der Waals surface area contributed by atoms with Crippen LogP contribution < -0.4 is 25.6 Å². The van der Waals surface area contributed by atoms with Gasteiger partial charge in [-0.1, -0.05) is 132 Å². The SMILES string of the molecule is COc1c(-c2nc3ccc(Cl)cc3nc2N)c2ccccc2c2ccccc12.COc1c(O[B]O)c2ccccc2c2ccccc12.Nc1nc2cc(Cl)ccc2nc1Cl. The predicted octanol–water partition coefficient (Wildman–Crippen LogP) is 11.3. The largest absolute Gasteiger partial charge is 0.569 e. The van der Waals surface area contributed by atoms with Crippen LogP contribution in [-0.4, -0.2) is 46.9 Å². The highest BCUT2D eigenvalue weighted by atomic mass is 35.5. The smallest absolute Gasteiger partial charge is 0.534 e. The zero-order valence-electron chi connectivity index (χ0n) is 32.0. The van der Waals surface area contributed by atoms with E-state index < -0.39 is 0 Å². The molecule has 295 valence electrons. The van der Waals surface area contributed by atoms with Gasteiger partial charge in [0.25, 0.3) is 0 Å². The number of fused-ring (bicyclic) bond motifs is 8. The Morgan fingerprint density at radius 2 is 0.883 bits per heavy atom. The molecule has 14 heteroatoms. The van der Waals surface area contributed by atoms with Gasteiger partial charge in [-0.25, -0.2) is 19.9 Å². The number of nitrogens with two attached hydrogens (primary N) is 2. The van der Waals surface area contributed by atoms with Crippen molar-refractivity contribution in [3.63, 3.8) is 0 Å². The molecule has 0 fully saturated rings. The molecule has 10 aromatic rings. The normalized spacial score (nSPS) is 11.0. The van der Waals surface area contributed by atoms with Crippen LogP contribution in [0.15, 0.2) is 133 Å². The molecule has 2 aromatic heterocycles. The van der Waals surface area contributed by atoms with Crippen molar-refractivity contribution in [3.05, 3.63) is 149 Å². The van der Waals surface area contributed by atoms with Crippen LogP contribution in [0.1, 0.15) is 0 Å². The first-order chi connectivity index (χ1) is 29.2. The van der Waals surface area contributed by atoms with E-state index in [9.17, 15) is 0 Å². The van der Waals surface area contributed by atoms with Crippen LogP contribution in [0.4, 0.5) is 11.6 Å². The van der Waals surface area contributed by atoms with Crippen LogP contribution in [0, 0.1) is 0 Å². The zero-order valence-corrected chi connectivity index (χ0v) is 34.3. The maximum Gasteiger partial charge on any atom is 0.569 e. The fourth-order valence-electron chi connectivity index (χ4n) is 7.25. The van der Waals surface area contributed by atoms with Gasteiger partial charge in [-0.3, -0.25) is 0 Å². The minimum absolute atomic E-state index is 0.217. The Morgan fingerprint density at radius 3 is 1.38 bits per heavy atom. The summed E-state index contributed by atoms with van der Waals surface area (Å²) in [5, 5.41) is 18.7. The lowest BCUT2D eigenvalue weighted by molar-refractivity contribution is 0.388. The van der Waals surface area contributed by atoms with Crippen molar-refractivity contribution in [1.82, 2.24) is 19.9 Å². The number of methoxy groups -OCH3 is 2. The van der Waals surface area contributed by atoms with E-state index in [1.807, 2.05) is 78.9 Å². The average Bonchev–Trinajstić information content (AvgIpc) is 3.27. The topological polar surface area (TPSA) is 152 Å². The van der Waals surface area contributed by atoms with Crippen molar-refractivity contribution in [2.24, 2.45) is 0 Å². The molecule has 0 spiro atoms. The summed E-state index contributed by atoms with van der Waals surface area (Å²) >= 11 is 17.6. The van der Waals surface area contributed by atoms with Crippen LogP contribution in [-0.2, 0) is 0 Å². The molecule has 0 aliphatic heterocycles. The lowest BCUT2D eigenvalue weighted by Crippen LogP contribution is -2.03. The molecule has 0 atom stereocenters. The molecule has 0 saturated heterocycles. The van der Waals surface area contributed by atoms with Gasteiger partial charge >= 0.3 is 7.69 Å². The number of hydrogen-bond acceptors (Lipinski definition) is 10. The summed E-state index contributed by atoms with van der Waals surface area (Å²) in [6, 6.07) is 42.8. The van der Waals surface area contributed by atoms with E-state index in [1.165, 1.54) is 0 Å². The lowest BCUT2D eigenvalue weighted by atomic mass is 9.94. The molecule has 0 aliphatic carbocycles. The molecule has 0 bridgehead atoms. The van der Waals surface area contributed by atoms with Crippen molar-refractivity contribution >= 4 is 119 Å². The Bertz CT molecular complexity index is 3250. The second kappa shape index (κ2) is 17.3. The van der Waals surface area contributed by atoms with E-state index >= 15 is 0 Å². The Morgan fingerprint density at radius 1 is 0.467 bits per heavy atom. The third kappa shape index (κ3) is 7.67. The first kappa shape index (κ1) is 40.2. The van der Waals surface area contributed by atoms with Gasteiger partial charge in [-0.05, 0) is 63.3 Å². The second-order valence-corrected chi connectivity index (χ2v) is 14.5. The summed E-state index contributed by atoms with van der Waals surface area (Å²) in [6.07, 6.45) is 0. The fraction of sp³-hybridized carbons (Fsp3) is 0.0435. The number of halogens is 3. The van der Waals surface area contributed by atoms with E-state index in [0.717, 1.165) is 59.9 Å². The lowest BCUT2D eigenvalue weighted by Gasteiger charge is -2.17. The van der Waals surface area contributed by atoms with Gasteiger partial charge in [-0.15, -0.1) is 0 Å². The van der Waals surface area contributed by atoms with Gasteiger partial charge in [0, 0.05) is 26.2 Å². The number of aromatic nitrogens is 4. The molecule has 10 rings (SSSR count). The fourth-order valence-corrected chi connectivity index (χ4v) is 7.72. The minimum Gasteiger partial charge on any atom is -0.534 e. The van der Waals surface area contributed by atoms with E-state index in [1.54, 1.807) is 44.6 Å². The number of anilines is 2. The molecular formula is C46H33BCl3N6O4. The Kier molecular flexibility index (Phi) is 11.6. The maximum atomic E-state index is 8.97. The van der Waals surface area contributed by atoms with Crippen LogP contribution in [0.25, 0.3) is 76.4 Å². The van der Waals surface area contributed by atoms with Gasteiger partial charge in [-0.2, -0.15) is 0 Å². The van der Waals surface area contributed by atoms with Gasteiger partial charge in [0.2, 0.25) is 0 Å². The first-order valence-electron chi connectivity index (χ1n) is 18.4. The van der Waals surface area contributed by atoms with Crippen LogP contribution >= 0.6 is 34.8 Å². The average molecular weight is 851 g/mol.